The van der Waals surface area contributed by atoms with E-state index in [0.29, 0.717) is 11.8 Å². The van der Waals surface area contributed by atoms with Crippen LogP contribution in [0.4, 0.5) is 0 Å². The highest BCUT2D eigenvalue weighted by molar-refractivity contribution is 9.11. The predicted molar refractivity (Wildman–Crippen MR) is 79.0 cm³/mol. The quantitative estimate of drug-likeness (QED) is 0.761. The van der Waals surface area contributed by atoms with E-state index in [1.54, 1.807) is 0 Å². The lowest BCUT2D eigenvalue weighted by atomic mass is 10.1. The minimum absolute atomic E-state index is 0.269. The van der Waals surface area contributed by atoms with Crippen molar-refractivity contribution in [3.8, 4) is 5.75 Å². The van der Waals surface area contributed by atoms with Crippen LogP contribution in [0.1, 0.15) is 25.6 Å². The molecule has 1 aromatic heterocycles. The molecule has 0 unspecified atom stereocenters. The molecular formula is C13H14Br2N2O2. The van der Waals surface area contributed by atoms with Crippen LogP contribution in [-0.4, -0.2) is 10.1 Å². The van der Waals surface area contributed by atoms with Crippen LogP contribution in [0.25, 0.3) is 0 Å². The van der Waals surface area contributed by atoms with Gasteiger partial charge < -0.3 is 9.26 Å². The molecule has 2 aromatic rings. The van der Waals surface area contributed by atoms with Gasteiger partial charge in [0.2, 0.25) is 0 Å². The number of benzene rings is 1. The number of halogens is 2. The Hall–Kier alpha value is -0.880. The van der Waals surface area contributed by atoms with Crippen LogP contribution in [0.15, 0.2) is 31.7 Å². The maximum Gasteiger partial charge on any atom is 0.264 e. The molecule has 0 saturated heterocycles. The first-order valence-electron chi connectivity index (χ1n) is 5.94. The summed E-state index contributed by atoms with van der Waals surface area (Å²) in [7, 11) is 0. The molecule has 1 heterocycles. The third kappa shape index (κ3) is 4.31. The third-order valence-corrected chi connectivity index (χ3v) is 3.46. The Bertz CT molecular complexity index is 555. The molecule has 0 radical (unpaired) electrons. The minimum atomic E-state index is 0.269. The van der Waals surface area contributed by atoms with Crippen molar-refractivity contribution in [1.29, 1.82) is 0 Å². The van der Waals surface area contributed by atoms with Crippen molar-refractivity contribution in [2.75, 3.05) is 0 Å². The van der Waals surface area contributed by atoms with Crippen LogP contribution in [0.5, 0.6) is 5.75 Å². The maximum atomic E-state index is 5.63. The van der Waals surface area contributed by atoms with Gasteiger partial charge in [0.15, 0.2) is 12.4 Å². The van der Waals surface area contributed by atoms with Crippen molar-refractivity contribution in [3.05, 3.63) is 38.9 Å². The largest absolute Gasteiger partial charge is 0.483 e. The van der Waals surface area contributed by atoms with E-state index in [1.807, 2.05) is 18.2 Å². The van der Waals surface area contributed by atoms with Gasteiger partial charge in [0.05, 0.1) is 4.47 Å². The van der Waals surface area contributed by atoms with E-state index in [9.17, 15) is 0 Å². The van der Waals surface area contributed by atoms with E-state index in [-0.39, 0.29) is 6.61 Å². The summed E-state index contributed by atoms with van der Waals surface area (Å²) < 4.78 is 12.6. The van der Waals surface area contributed by atoms with Crippen molar-refractivity contribution >= 4 is 31.9 Å². The highest BCUT2D eigenvalue weighted by atomic mass is 79.9. The second-order valence-electron chi connectivity index (χ2n) is 4.57. The summed E-state index contributed by atoms with van der Waals surface area (Å²) in [4.78, 5) is 4.29. The van der Waals surface area contributed by atoms with Gasteiger partial charge in [-0.15, -0.1) is 0 Å². The maximum absolute atomic E-state index is 5.63. The second-order valence-corrected chi connectivity index (χ2v) is 6.34. The molecule has 0 aliphatic carbocycles. The fraction of sp³-hybridized carbons (Fsp3) is 0.385. The molecule has 2 rings (SSSR count). The Morgan fingerprint density at radius 2 is 2.11 bits per heavy atom. The SMILES string of the molecule is CC(C)Cc1noc(COc2ccc(Br)cc2Br)n1. The van der Waals surface area contributed by atoms with Crippen molar-refractivity contribution in [1.82, 2.24) is 10.1 Å². The molecule has 19 heavy (non-hydrogen) atoms. The number of hydrogen-bond donors (Lipinski definition) is 0. The van der Waals surface area contributed by atoms with Crippen molar-refractivity contribution < 1.29 is 9.26 Å². The predicted octanol–water partition coefficient (Wildman–Crippen LogP) is 4.37. The fourth-order valence-corrected chi connectivity index (χ4v) is 2.69. The number of ether oxygens (including phenoxy) is 1. The molecule has 0 spiro atoms. The Kier molecular flexibility index (Phi) is 4.99. The first-order chi connectivity index (χ1) is 9.04. The zero-order chi connectivity index (χ0) is 13.8. The Morgan fingerprint density at radius 1 is 1.32 bits per heavy atom. The average Bonchev–Trinajstić information content (AvgIpc) is 2.74. The molecule has 0 amide bonds. The number of hydrogen-bond acceptors (Lipinski definition) is 4. The van der Waals surface area contributed by atoms with Crippen LogP contribution >= 0.6 is 31.9 Å². The van der Waals surface area contributed by atoms with Crippen molar-refractivity contribution in [2.45, 2.75) is 26.9 Å². The number of rotatable bonds is 5. The lowest BCUT2D eigenvalue weighted by Crippen LogP contribution is -1.99. The normalized spacial score (nSPS) is 11.0. The molecule has 4 nitrogen and oxygen atoms in total. The third-order valence-electron chi connectivity index (χ3n) is 2.35. The van der Waals surface area contributed by atoms with Crippen LogP contribution in [0.3, 0.4) is 0 Å². The molecule has 0 saturated carbocycles. The smallest absolute Gasteiger partial charge is 0.264 e. The van der Waals surface area contributed by atoms with E-state index >= 15 is 0 Å². The van der Waals surface area contributed by atoms with Crippen LogP contribution in [0.2, 0.25) is 0 Å². The summed E-state index contributed by atoms with van der Waals surface area (Å²) in [5.74, 6) is 2.47. The van der Waals surface area contributed by atoms with Crippen molar-refractivity contribution in [2.24, 2.45) is 5.92 Å². The Balaban J connectivity index is 1.96. The Labute approximate surface area is 128 Å². The molecule has 0 aliphatic heterocycles. The summed E-state index contributed by atoms with van der Waals surface area (Å²) in [5.41, 5.74) is 0. The van der Waals surface area contributed by atoms with Gasteiger partial charge in [-0.1, -0.05) is 34.9 Å². The fourth-order valence-electron chi connectivity index (χ4n) is 1.53. The van der Waals surface area contributed by atoms with Crippen LogP contribution in [0, 0.1) is 5.92 Å². The van der Waals surface area contributed by atoms with Crippen LogP contribution < -0.4 is 4.74 Å². The monoisotopic (exact) mass is 388 g/mol. The molecule has 0 atom stereocenters. The molecule has 0 aliphatic rings. The molecule has 0 fully saturated rings. The molecular weight excluding hydrogens is 376 g/mol. The molecule has 102 valence electrons. The van der Waals surface area contributed by atoms with Gasteiger partial charge >= 0.3 is 0 Å². The summed E-state index contributed by atoms with van der Waals surface area (Å²) in [6, 6.07) is 5.71. The highest BCUT2D eigenvalue weighted by Crippen LogP contribution is 2.28. The zero-order valence-electron chi connectivity index (χ0n) is 10.7. The summed E-state index contributed by atoms with van der Waals surface area (Å²) in [6.45, 7) is 4.50. The average molecular weight is 390 g/mol. The minimum Gasteiger partial charge on any atom is -0.483 e. The van der Waals surface area contributed by atoms with Gasteiger partial charge in [-0.2, -0.15) is 4.98 Å². The topological polar surface area (TPSA) is 48.2 Å². The number of nitrogens with zero attached hydrogens (tertiary/aromatic N) is 2. The van der Waals surface area contributed by atoms with Gasteiger partial charge in [-0.05, 0) is 40.0 Å². The summed E-state index contributed by atoms with van der Waals surface area (Å²) in [6.07, 6.45) is 0.811. The number of aromatic nitrogens is 2. The first-order valence-corrected chi connectivity index (χ1v) is 7.52. The highest BCUT2D eigenvalue weighted by Gasteiger charge is 2.09. The van der Waals surface area contributed by atoms with E-state index < -0.39 is 0 Å². The standard InChI is InChI=1S/C13H14Br2N2O2/c1-8(2)5-12-16-13(19-17-12)7-18-11-4-3-9(14)6-10(11)15/h3-4,6,8H,5,7H2,1-2H3. The van der Waals surface area contributed by atoms with Crippen molar-refractivity contribution in [3.63, 3.8) is 0 Å². The molecule has 0 N–H and O–H groups in total. The molecule has 0 bridgehead atoms. The summed E-state index contributed by atoms with van der Waals surface area (Å²) in [5, 5.41) is 3.92. The van der Waals surface area contributed by atoms with E-state index in [0.717, 1.165) is 26.9 Å². The van der Waals surface area contributed by atoms with Gasteiger partial charge in [0.1, 0.15) is 5.75 Å². The van der Waals surface area contributed by atoms with Gasteiger partial charge in [0, 0.05) is 10.9 Å². The van der Waals surface area contributed by atoms with E-state index in [4.69, 9.17) is 9.26 Å². The lowest BCUT2D eigenvalue weighted by molar-refractivity contribution is 0.241. The summed E-state index contributed by atoms with van der Waals surface area (Å²) >= 11 is 6.83. The van der Waals surface area contributed by atoms with Crippen LogP contribution in [-0.2, 0) is 13.0 Å². The lowest BCUT2D eigenvalue weighted by Gasteiger charge is -2.05. The molecule has 1 aromatic carbocycles. The van der Waals surface area contributed by atoms with Gasteiger partial charge in [-0.3, -0.25) is 0 Å². The molecule has 6 heteroatoms. The Morgan fingerprint density at radius 3 is 2.79 bits per heavy atom. The zero-order valence-corrected chi connectivity index (χ0v) is 13.9. The van der Waals surface area contributed by atoms with E-state index in [2.05, 4.69) is 55.8 Å². The van der Waals surface area contributed by atoms with Gasteiger partial charge in [-0.25, -0.2) is 0 Å². The van der Waals surface area contributed by atoms with Gasteiger partial charge in [0.25, 0.3) is 5.89 Å². The first kappa shape index (κ1) is 14.5. The van der Waals surface area contributed by atoms with E-state index in [1.165, 1.54) is 0 Å². The second kappa shape index (κ2) is 6.52.